The minimum Gasteiger partial charge on any atom is -0.378 e. The third-order valence-corrected chi connectivity index (χ3v) is 6.76. The highest BCUT2D eigenvalue weighted by atomic mass is 19.4. The average molecular weight is 501 g/mol. The number of urea groups is 1. The van der Waals surface area contributed by atoms with Gasteiger partial charge >= 0.3 is 12.2 Å². The van der Waals surface area contributed by atoms with Crippen molar-refractivity contribution in [2.45, 2.75) is 30.9 Å². The first kappa shape index (κ1) is 24.3. The molecule has 2 unspecified atom stereocenters. The highest BCUT2D eigenvalue weighted by molar-refractivity contribution is 5.75. The minimum atomic E-state index is -4.40. The summed E-state index contributed by atoms with van der Waals surface area (Å²) < 4.78 is 50.1. The van der Waals surface area contributed by atoms with Crippen molar-refractivity contribution in [3.8, 4) is 0 Å². The molecule has 0 spiro atoms. The van der Waals surface area contributed by atoms with Gasteiger partial charge in [-0.15, -0.1) is 0 Å². The van der Waals surface area contributed by atoms with Crippen LogP contribution in [0.5, 0.6) is 0 Å². The van der Waals surface area contributed by atoms with E-state index in [1.54, 1.807) is 9.80 Å². The summed E-state index contributed by atoms with van der Waals surface area (Å²) in [6.07, 6.45) is -3.30. The lowest BCUT2D eigenvalue weighted by molar-refractivity contribution is -0.137. The Balaban J connectivity index is 1.38. The van der Waals surface area contributed by atoms with E-state index in [1.807, 2.05) is 30.3 Å². The van der Waals surface area contributed by atoms with Crippen molar-refractivity contribution in [3.63, 3.8) is 0 Å². The predicted octanol–water partition coefficient (Wildman–Crippen LogP) is 4.70. The summed E-state index contributed by atoms with van der Waals surface area (Å²) in [6, 6.07) is 14.9. The number of nitrogens with zero attached hydrogens (tertiary/aromatic N) is 4. The van der Waals surface area contributed by atoms with E-state index in [-0.39, 0.29) is 17.9 Å². The zero-order chi connectivity index (χ0) is 25.1. The van der Waals surface area contributed by atoms with Crippen molar-refractivity contribution in [2.75, 3.05) is 39.4 Å². The molecule has 2 aliphatic rings. The van der Waals surface area contributed by atoms with Crippen LogP contribution < -0.4 is 0 Å². The second kappa shape index (κ2) is 10.3. The first-order valence-electron chi connectivity index (χ1n) is 12.0. The summed E-state index contributed by atoms with van der Waals surface area (Å²) in [7, 11) is 0. The zero-order valence-electron chi connectivity index (χ0n) is 19.7. The third kappa shape index (κ3) is 5.53. The van der Waals surface area contributed by atoms with Gasteiger partial charge in [-0.3, -0.25) is 0 Å². The molecule has 3 heterocycles. The normalized spacial score (nSPS) is 21.0. The minimum absolute atomic E-state index is 0.104. The maximum absolute atomic E-state index is 13.3. The van der Waals surface area contributed by atoms with E-state index >= 15 is 0 Å². The van der Waals surface area contributed by atoms with Gasteiger partial charge in [0.05, 0.1) is 25.2 Å². The fourth-order valence-electron chi connectivity index (χ4n) is 4.86. The second-order valence-electron chi connectivity index (χ2n) is 9.24. The van der Waals surface area contributed by atoms with Crippen molar-refractivity contribution >= 4 is 6.03 Å². The van der Waals surface area contributed by atoms with Crippen LogP contribution in [-0.4, -0.2) is 65.4 Å². The Labute approximate surface area is 206 Å². The van der Waals surface area contributed by atoms with Gasteiger partial charge in [-0.2, -0.15) is 18.2 Å². The molecule has 1 aromatic heterocycles. The summed E-state index contributed by atoms with van der Waals surface area (Å²) in [4.78, 5) is 21.4. The van der Waals surface area contributed by atoms with Gasteiger partial charge in [0.15, 0.2) is 5.82 Å². The number of likely N-dealkylation sites (tertiary alicyclic amines) is 1. The highest BCUT2D eigenvalue weighted by Gasteiger charge is 2.37. The number of morpholine rings is 1. The Morgan fingerprint density at radius 3 is 2.33 bits per heavy atom. The zero-order valence-corrected chi connectivity index (χ0v) is 19.7. The number of rotatable bonds is 4. The molecule has 10 heteroatoms. The van der Waals surface area contributed by atoms with Gasteiger partial charge in [0.1, 0.15) is 0 Å². The molecule has 5 rings (SSSR count). The molecule has 2 saturated heterocycles. The maximum atomic E-state index is 13.3. The number of carbonyl (C=O) groups is 1. The molecule has 2 amide bonds. The number of hydrogen-bond donors (Lipinski definition) is 0. The third-order valence-electron chi connectivity index (χ3n) is 6.76. The molecule has 7 nitrogen and oxygen atoms in total. The fraction of sp³-hybridized carbons (Fsp3) is 0.423. The smallest absolute Gasteiger partial charge is 0.378 e. The molecule has 0 saturated carbocycles. The van der Waals surface area contributed by atoms with Gasteiger partial charge in [-0.05, 0) is 29.7 Å². The molecule has 2 atom stereocenters. The molecule has 2 aromatic carbocycles. The van der Waals surface area contributed by atoms with Crippen LogP contribution in [-0.2, 0) is 17.3 Å². The van der Waals surface area contributed by atoms with Crippen molar-refractivity contribution < 1.29 is 27.2 Å². The van der Waals surface area contributed by atoms with Gasteiger partial charge in [-0.1, -0.05) is 47.6 Å². The number of piperidine rings is 1. The first-order valence-corrected chi connectivity index (χ1v) is 12.0. The molecule has 2 fully saturated rings. The lowest BCUT2D eigenvalue weighted by Crippen LogP contribution is -2.52. The van der Waals surface area contributed by atoms with Crippen molar-refractivity contribution in [3.05, 3.63) is 83.0 Å². The molecule has 3 aromatic rings. The molecular formula is C26H27F3N4O3. The molecule has 0 bridgehead atoms. The Bertz CT molecular complexity index is 1160. The van der Waals surface area contributed by atoms with Gasteiger partial charge in [-0.25, -0.2) is 4.79 Å². The van der Waals surface area contributed by atoms with E-state index in [9.17, 15) is 18.0 Å². The van der Waals surface area contributed by atoms with Crippen molar-refractivity contribution in [1.82, 2.24) is 19.9 Å². The number of ether oxygens (including phenoxy) is 1. The number of amides is 2. The van der Waals surface area contributed by atoms with E-state index in [1.165, 1.54) is 12.1 Å². The molecule has 0 aliphatic carbocycles. The Kier molecular flexibility index (Phi) is 6.95. The molecular weight excluding hydrogens is 473 g/mol. The van der Waals surface area contributed by atoms with Crippen molar-refractivity contribution in [2.24, 2.45) is 0 Å². The Morgan fingerprint density at radius 2 is 1.64 bits per heavy atom. The van der Waals surface area contributed by atoms with Crippen molar-refractivity contribution in [1.29, 1.82) is 0 Å². The van der Waals surface area contributed by atoms with E-state index in [4.69, 9.17) is 9.26 Å². The van der Waals surface area contributed by atoms with Crippen LogP contribution in [0.4, 0.5) is 18.0 Å². The number of aromatic nitrogens is 2. The van der Waals surface area contributed by atoms with E-state index < -0.39 is 11.7 Å². The molecule has 36 heavy (non-hydrogen) atoms. The monoisotopic (exact) mass is 500 g/mol. The van der Waals surface area contributed by atoms with Gasteiger partial charge in [0, 0.05) is 38.0 Å². The van der Waals surface area contributed by atoms with E-state index in [0.29, 0.717) is 63.9 Å². The van der Waals surface area contributed by atoms with Gasteiger partial charge in [0.2, 0.25) is 5.89 Å². The standard InChI is InChI=1S/C26H27F3N4O3/c27-26(28,29)22-8-6-19(7-9-22)20-15-21(17-33(16-20)25(34)32-10-12-35-13-11-32)24-30-23(36-31-24)14-18-4-2-1-3-5-18/h1-9,20-21H,10-17H2. The molecule has 2 aliphatic heterocycles. The van der Waals surface area contributed by atoms with Gasteiger partial charge < -0.3 is 19.1 Å². The first-order chi connectivity index (χ1) is 17.4. The number of carbonyl (C=O) groups excluding carboxylic acids is 1. The lowest BCUT2D eigenvalue weighted by Gasteiger charge is -2.40. The van der Waals surface area contributed by atoms with Crippen LogP contribution in [0, 0.1) is 0 Å². The quantitative estimate of drug-likeness (QED) is 0.519. The van der Waals surface area contributed by atoms with Crippen LogP contribution in [0.2, 0.25) is 0 Å². The summed E-state index contributed by atoms with van der Waals surface area (Å²) in [6.45, 7) is 2.81. The average Bonchev–Trinajstić information content (AvgIpc) is 3.37. The van der Waals surface area contributed by atoms with Crippen LogP contribution in [0.1, 0.15) is 46.7 Å². The maximum Gasteiger partial charge on any atom is 0.416 e. The van der Waals surface area contributed by atoms with Crippen LogP contribution in [0.15, 0.2) is 59.1 Å². The topological polar surface area (TPSA) is 71.7 Å². The van der Waals surface area contributed by atoms with E-state index in [0.717, 1.165) is 23.3 Å². The molecule has 0 N–H and O–H groups in total. The number of alkyl halides is 3. The number of hydrogen-bond acceptors (Lipinski definition) is 5. The molecule has 190 valence electrons. The van der Waals surface area contributed by atoms with Crippen LogP contribution >= 0.6 is 0 Å². The SMILES string of the molecule is O=C(N1CCOCC1)N1CC(c2ccc(C(F)(F)F)cc2)CC(c2noc(Cc3ccccc3)n2)C1. The molecule has 0 radical (unpaired) electrons. The summed E-state index contributed by atoms with van der Waals surface area (Å²) in [5, 5.41) is 4.21. The number of halogens is 3. The van der Waals surface area contributed by atoms with Crippen LogP contribution in [0.3, 0.4) is 0 Å². The Morgan fingerprint density at radius 1 is 0.944 bits per heavy atom. The Hall–Kier alpha value is -3.40. The summed E-state index contributed by atoms with van der Waals surface area (Å²) in [5.41, 5.74) is 1.10. The lowest BCUT2D eigenvalue weighted by atomic mass is 9.84. The number of benzene rings is 2. The largest absolute Gasteiger partial charge is 0.416 e. The fourth-order valence-corrected chi connectivity index (χ4v) is 4.86. The van der Waals surface area contributed by atoms with E-state index in [2.05, 4.69) is 10.1 Å². The predicted molar refractivity (Wildman–Crippen MR) is 124 cm³/mol. The highest BCUT2D eigenvalue weighted by Crippen LogP contribution is 2.37. The second-order valence-corrected chi connectivity index (χ2v) is 9.24. The summed E-state index contributed by atoms with van der Waals surface area (Å²) in [5.74, 6) is 0.632. The van der Waals surface area contributed by atoms with Gasteiger partial charge in [0.25, 0.3) is 0 Å². The summed E-state index contributed by atoms with van der Waals surface area (Å²) >= 11 is 0. The van der Waals surface area contributed by atoms with Crippen LogP contribution in [0.25, 0.3) is 0 Å².